The molecule has 0 spiro atoms. The molecule has 2 aliphatic carbocycles. The third-order valence-electron chi connectivity index (χ3n) is 6.93. The number of allylic oxidation sites excluding steroid dienone is 3. The van der Waals surface area contributed by atoms with Gasteiger partial charge in [0.15, 0.2) is 0 Å². The van der Waals surface area contributed by atoms with Gasteiger partial charge in [-0.15, -0.1) is 0 Å². The maximum absolute atomic E-state index is 12.5. The number of hydrogen-bond acceptors (Lipinski definition) is 5. The normalized spacial score (nSPS) is 37.9. The van der Waals surface area contributed by atoms with Crippen LogP contribution >= 0.6 is 0 Å². The Morgan fingerprint density at radius 1 is 1.31 bits per heavy atom. The number of rotatable bonds is 6. The number of hydrogen-bond donors (Lipinski definition) is 1. The first-order valence-corrected chi connectivity index (χ1v) is 11.3. The highest BCUT2D eigenvalue weighted by atomic mass is 16.5. The van der Waals surface area contributed by atoms with Gasteiger partial charge in [0.1, 0.15) is 12.2 Å². The molecule has 1 aliphatic heterocycles. The largest absolute Gasteiger partial charge is 0.462 e. The van der Waals surface area contributed by atoms with E-state index >= 15 is 0 Å². The van der Waals surface area contributed by atoms with Crippen molar-refractivity contribution in [3.05, 3.63) is 23.8 Å². The summed E-state index contributed by atoms with van der Waals surface area (Å²) < 4.78 is 11.5. The van der Waals surface area contributed by atoms with Crippen LogP contribution in [0.25, 0.3) is 0 Å². The first kappa shape index (κ1) is 22.1. The number of aliphatic hydroxyl groups excluding tert-OH is 1. The molecule has 8 atom stereocenters. The summed E-state index contributed by atoms with van der Waals surface area (Å²) in [5.41, 5.74) is 1.27. The summed E-state index contributed by atoms with van der Waals surface area (Å²) in [6.07, 6.45) is 9.70. The van der Waals surface area contributed by atoms with Crippen molar-refractivity contribution < 1.29 is 24.2 Å². The smallest absolute Gasteiger partial charge is 0.308 e. The Morgan fingerprint density at radius 3 is 2.76 bits per heavy atom. The Labute approximate surface area is 174 Å². The van der Waals surface area contributed by atoms with Gasteiger partial charge in [0.2, 0.25) is 0 Å². The minimum atomic E-state index is -0.597. The van der Waals surface area contributed by atoms with Crippen LogP contribution in [0.2, 0.25) is 0 Å². The minimum Gasteiger partial charge on any atom is -0.462 e. The SMILES string of the molecule is CC[C@@H](C)C(=O)O[C@H]1C[C@@H](C)C=C2C=C[C@H](C)[C@H](CC[C@H]3C[C@H](O)CC(=O)O3)[C@@H]21. The van der Waals surface area contributed by atoms with Crippen molar-refractivity contribution in [3.63, 3.8) is 0 Å². The Morgan fingerprint density at radius 2 is 2.07 bits per heavy atom. The molecular weight excluding hydrogens is 368 g/mol. The van der Waals surface area contributed by atoms with E-state index in [0.717, 1.165) is 25.7 Å². The van der Waals surface area contributed by atoms with Gasteiger partial charge in [-0.3, -0.25) is 9.59 Å². The molecule has 0 amide bonds. The summed E-state index contributed by atoms with van der Waals surface area (Å²) in [6.45, 7) is 8.33. The van der Waals surface area contributed by atoms with Gasteiger partial charge in [0.05, 0.1) is 18.4 Å². The van der Waals surface area contributed by atoms with Crippen molar-refractivity contribution in [2.45, 2.75) is 84.5 Å². The van der Waals surface area contributed by atoms with Gasteiger partial charge in [-0.1, -0.05) is 45.9 Å². The van der Waals surface area contributed by atoms with E-state index in [0.29, 0.717) is 24.2 Å². The van der Waals surface area contributed by atoms with Gasteiger partial charge in [-0.25, -0.2) is 0 Å². The summed E-state index contributed by atoms with van der Waals surface area (Å²) in [6, 6.07) is 0. The number of fused-ring (bicyclic) bond motifs is 1. The van der Waals surface area contributed by atoms with Crippen molar-refractivity contribution in [2.75, 3.05) is 0 Å². The molecule has 5 heteroatoms. The molecular formula is C24H36O5. The molecule has 0 aromatic heterocycles. The lowest BCUT2D eigenvalue weighted by atomic mass is 9.65. The molecule has 0 radical (unpaired) electrons. The van der Waals surface area contributed by atoms with Gasteiger partial charge in [-0.2, -0.15) is 0 Å². The fraction of sp³-hybridized carbons (Fsp3) is 0.750. The highest BCUT2D eigenvalue weighted by Gasteiger charge is 2.42. The number of cyclic esters (lactones) is 1. The van der Waals surface area contributed by atoms with Crippen LogP contribution in [0.4, 0.5) is 0 Å². The molecule has 1 saturated heterocycles. The van der Waals surface area contributed by atoms with Gasteiger partial charge < -0.3 is 14.6 Å². The van der Waals surface area contributed by atoms with E-state index in [1.807, 2.05) is 13.8 Å². The van der Waals surface area contributed by atoms with E-state index < -0.39 is 6.10 Å². The Kier molecular flexibility index (Phi) is 7.20. The van der Waals surface area contributed by atoms with E-state index in [9.17, 15) is 14.7 Å². The van der Waals surface area contributed by atoms with Gasteiger partial charge in [-0.05, 0) is 49.0 Å². The van der Waals surface area contributed by atoms with E-state index in [4.69, 9.17) is 9.47 Å². The van der Waals surface area contributed by atoms with E-state index in [-0.39, 0.29) is 42.4 Å². The average Bonchev–Trinajstić information content (AvgIpc) is 2.65. The summed E-state index contributed by atoms with van der Waals surface area (Å²) in [5.74, 6) is 0.755. The molecule has 0 saturated carbocycles. The van der Waals surface area contributed by atoms with Crippen LogP contribution < -0.4 is 0 Å². The van der Waals surface area contributed by atoms with Crippen molar-refractivity contribution in [2.24, 2.45) is 29.6 Å². The molecule has 1 heterocycles. The molecule has 29 heavy (non-hydrogen) atoms. The maximum Gasteiger partial charge on any atom is 0.308 e. The summed E-state index contributed by atoms with van der Waals surface area (Å²) in [5, 5.41) is 9.89. The van der Waals surface area contributed by atoms with Crippen LogP contribution in [0.3, 0.4) is 0 Å². The zero-order chi connectivity index (χ0) is 21.1. The van der Waals surface area contributed by atoms with Crippen LogP contribution in [0.5, 0.6) is 0 Å². The molecule has 0 aromatic rings. The number of aliphatic hydroxyl groups is 1. The number of esters is 2. The minimum absolute atomic E-state index is 0.0854. The third kappa shape index (κ3) is 5.30. The van der Waals surface area contributed by atoms with Crippen LogP contribution in [-0.2, 0) is 19.1 Å². The quantitative estimate of drug-likeness (QED) is 0.672. The Bertz CT molecular complexity index is 666. The molecule has 1 N–H and O–H groups in total. The summed E-state index contributed by atoms with van der Waals surface area (Å²) >= 11 is 0. The monoisotopic (exact) mass is 404 g/mol. The topological polar surface area (TPSA) is 72.8 Å². The highest BCUT2D eigenvalue weighted by molar-refractivity contribution is 5.72. The van der Waals surface area contributed by atoms with Gasteiger partial charge >= 0.3 is 11.9 Å². The van der Waals surface area contributed by atoms with E-state index in [1.165, 1.54) is 5.57 Å². The van der Waals surface area contributed by atoms with Crippen LogP contribution in [0, 0.1) is 29.6 Å². The summed E-state index contributed by atoms with van der Waals surface area (Å²) in [4.78, 5) is 24.2. The molecule has 162 valence electrons. The number of carbonyl (C=O) groups excluding carboxylic acids is 2. The molecule has 3 rings (SSSR count). The molecule has 1 fully saturated rings. The summed E-state index contributed by atoms with van der Waals surface area (Å²) in [7, 11) is 0. The Balaban J connectivity index is 1.74. The second-order valence-electron chi connectivity index (χ2n) is 9.36. The first-order chi connectivity index (χ1) is 13.8. The number of carbonyl (C=O) groups is 2. The molecule has 0 aromatic carbocycles. The second-order valence-corrected chi connectivity index (χ2v) is 9.36. The van der Waals surface area contributed by atoms with Crippen molar-refractivity contribution in [3.8, 4) is 0 Å². The van der Waals surface area contributed by atoms with E-state index in [2.05, 4.69) is 32.1 Å². The zero-order valence-corrected chi connectivity index (χ0v) is 18.2. The first-order valence-electron chi connectivity index (χ1n) is 11.3. The van der Waals surface area contributed by atoms with Crippen LogP contribution in [0.15, 0.2) is 23.8 Å². The van der Waals surface area contributed by atoms with Crippen molar-refractivity contribution >= 4 is 11.9 Å². The highest BCUT2D eigenvalue weighted by Crippen LogP contribution is 2.45. The standard InChI is InChI=1S/C24H36O5/c1-5-15(3)24(27)29-21-11-14(2)10-17-7-6-16(4)20(23(17)21)9-8-19-12-18(25)13-22(26)28-19/h6-7,10,14-16,18-21,23,25H,5,8-9,11-13H2,1-4H3/t14-,15+,16-,18-,19-,20-,21-,23+/m0/s1. The Hall–Kier alpha value is -1.62. The predicted octanol–water partition coefficient (Wildman–Crippen LogP) is 4.20. The molecule has 3 aliphatic rings. The van der Waals surface area contributed by atoms with E-state index in [1.54, 1.807) is 0 Å². The van der Waals surface area contributed by atoms with Gasteiger partial charge in [0, 0.05) is 12.3 Å². The second kappa shape index (κ2) is 9.46. The van der Waals surface area contributed by atoms with Crippen molar-refractivity contribution in [1.29, 1.82) is 0 Å². The van der Waals surface area contributed by atoms with Crippen LogP contribution in [0.1, 0.15) is 66.2 Å². The lowest BCUT2D eigenvalue weighted by Gasteiger charge is -2.43. The van der Waals surface area contributed by atoms with Crippen molar-refractivity contribution in [1.82, 2.24) is 0 Å². The molecule has 5 nitrogen and oxygen atoms in total. The zero-order valence-electron chi connectivity index (χ0n) is 18.2. The molecule has 0 bridgehead atoms. The van der Waals surface area contributed by atoms with Crippen LogP contribution in [-0.4, -0.2) is 35.4 Å². The number of ether oxygens (including phenoxy) is 2. The third-order valence-corrected chi connectivity index (χ3v) is 6.93. The molecule has 0 unspecified atom stereocenters. The maximum atomic E-state index is 12.5. The van der Waals surface area contributed by atoms with Gasteiger partial charge in [0.25, 0.3) is 0 Å². The lowest BCUT2D eigenvalue weighted by molar-refractivity contribution is -0.162. The fourth-order valence-corrected chi connectivity index (χ4v) is 5.07. The fourth-order valence-electron chi connectivity index (χ4n) is 5.07. The lowest BCUT2D eigenvalue weighted by Crippen LogP contribution is -2.42. The predicted molar refractivity (Wildman–Crippen MR) is 111 cm³/mol. The average molecular weight is 405 g/mol.